The summed E-state index contributed by atoms with van der Waals surface area (Å²) in [6.07, 6.45) is -5.57. The third kappa shape index (κ3) is 6.67. The second kappa shape index (κ2) is 11.4. The highest BCUT2D eigenvalue weighted by Crippen LogP contribution is 2.42. The van der Waals surface area contributed by atoms with Crippen LogP contribution in [0.3, 0.4) is 0 Å². The van der Waals surface area contributed by atoms with Gasteiger partial charge in [-0.25, -0.2) is 22.5 Å². The van der Waals surface area contributed by atoms with Crippen molar-refractivity contribution >= 4 is 11.7 Å². The van der Waals surface area contributed by atoms with E-state index in [1.165, 1.54) is 30.2 Å². The van der Waals surface area contributed by atoms with Crippen LogP contribution in [-0.2, 0) is 4.79 Å². The fourth-order valence-corrected chi connectivity index (χ4v) is 4.23. The Morgan fingerprint density at radius 2 is 1.90 bits per heavy atom. The second-order valence-corrected chi connectivity index (χ2v) is 9.28. The number of nitrogens with one attached hydrogen (secondary N) is 1. The van der Waals surface area contributed by atoms with E-state index < -0.39 is 59.7 Å². The number of hydrogen-bond donors (Lipinski definition) is 2. The molecule has 4 rings (SSSR count). The van der Waals surface area contributed by atoms with Crippen LogP contribution in [-0.4, -0.2) is 57.1 Å². The standard InChI is InChI=1S/C26H23F7N4O3/c1-14(24(39)36-22-5-3-18(12-35-22)40-21-4-2-17(27)9-20(21)28)37-7-6-25(29,30)19(13-37)15-8-16(11-34-10-15)23(38)26(31,32)33/h2-5,8-12,14,19,23,38H,6-7,13H2,1H3,(H,35,36,39). The van der Waals surface area contributed by atoms with Gasteiger partial charge in [0.05, 0.1) is 18.2 Å². The summed E-state index contributed by atoms with van der Waals surface area (Å²) in [5.74, 6) is -7.21. The molecular weight excluding hydrogens is 549 g/mol. The maximum absolute atomic E-state index is 14.8. The number of carbonyl (C=O) groups is 1. The first-order valence-electron chi connectivity index (χ1n) is 12.0. The van der Waals surface area contributed by atoms with Gasteiger partial charge in [0.1, 0.15) is 17.4 Å². The number of aromatic nitrogens is 2. The molecule has 0 bridgehead atoms. The lowest BCUT2D eigenvalue weighted by molar-refractivity contribution is -0.206. The molecule has 14 heteroatoms. The Labute approximate surface area is 223 Å². The van der Waals surface area contributed by atoms with Crippen LogP contribution < -0.4 is 10.1 Å². The van der Waals surface area contributed by atoms with Crippen molar-refractivity contribution in [2.75, 3.05) is 18.4 Å². The Balaban J connectivity index is 1.42. The van der Waals surface area contributed by atoms with Crippen LogP contribution in [0.4, 0.5) is 36.6 Å². The van der Waals surface area contributed by atoms with Crippen LogP contribution in [0.1, 0.15) is 36.5 Å². The molecule has 1 amide bonds. The van der Waals surface area contributed by atoms with E-state index in [1.54, 1.807) is 0 Å². The molecule has 0 aliphatic carbocycles. The Hall–Kier alpha value is -3.78. The summed E-state index contributed by atoms with van der Waals surface area (Å²) < 4.78 is 101. The van der Waals surface area contributed by atoms with Crippen molar-refractivity contribution in [3.05, 3.63) is 77.8 Å². The monoisotopic (exact) mass is 572 g/mol. The van der Waals surface area contributed by atoms with Gasteiger partial charge in [-0.2, -0.15) is 13.2 Å². The molecule has 3 unspecified atom stereocenters. The lowest BCUT2D eigenvalue weighted by Gasteiger charge is -2.40. The largest absolute Gasteiger partial charge is 0.453 e. The summed E-state index contributed by atoms with van der Waals surface area (Å²) in [5, 5.41) is 12.1. The number of aliphatic hydroxyl groups excluding tert-OH is 1. The molecule has 3 heterocycles. The molecule has 1 fully saturated rings. The lowest BCUT2D eigenvalue weighted by Crippen LogP contribution is -2.52. The van der Waals surface area contributed by atoms with Crippen molar-refractivity contribution in [1.82, 2.24) is 14.9 Å². The van der Waals surface area contributed by atoms with Crippen LogP contribution in [0, 0.1) is 11.6 Å². The summed E-state index contributed by atoms with van der Waals surface area (Å²) >= 11 is 0. The first kappa shape index (κ1) is 29.2. The predicted octanol–water partition coefficient (Wildman–Crippen LogP) is 5.59. The number of alkyl halides is 5. The Morgan fingerprint density at radius 3 is 2.55 bits per heavy atom. The number of ether oxygens (including phenoxy) is 1. The van der Waals surface area contributed by atoms with Crippen molar-refractivity contribution in [1.29, 1.82) is 0 Å². The molecule has 2 N–H and O–H groups in total. The van der Waals surface area contributed by atoms with Crippen molar-refractivity contribution in [3.63, 3.8) is 0 Å². The van der Waals surface area contributed by atoms with E-state index in [4.69, 9.17) is 4.74 Å². The quantitative estimate of drug-likeness (QED) is 0.359. The molecule has 3 aromatic rings. The molecule has 0 spiro atoms. The van der Waals surface area contributed by atoms with Crippen LogP contribution in [0.5, 0.6) is 11.5 Å². The number of likely N-dealkylation sites (tertiary alicyclic amines) is 1. The van der Waals surface area contributed by atoms with E-state index in [-0.39, 0.29) is 36.0 Å². The first-order chi connectivity index (χ1) is 18.7. The minimum Gasteiger partial charge on any atom is -0.453 e. The van der Waals surface area contributed by atoms with Gasteiger partial charge in [0.25, 0.3) is 5.92 Å². The second-order valence-electron chi connectivity index (χ2n) is 9.28. The molecule has 1 aromatic carbocycles. The molecule has 214 valence electrons. The van der Waals surface area contributed by atoms with Crippen molar-refractivity contribution in [2.24, 2.45) is 0 Å². The van der Waals surface area contributed by atoms with Gasteiger partial charge in [-0.1, -0.05) is 0 Å². The lowest BCUT2D eigenvalue weighted by atomic mass is 9.86. The highest BCUT2D eigenvalue weighted by Gasteiger charge is 2.47. The molecule has 0 saturated carbocycles. The third-order valence-corrected chi connectivity index (χ3v) is 6.50. The van der Waals surface area contributed by atoms with Gasteiger partial charge in [-0.05, 0) is 42.8 Å². The number of benzene rings is 1. The van der Waals surface area contributed by atoms with Crippen molar-refractivity contribution in [3.8, 4) is 11.5 Å². The summed E-state index contributed by atoms with van der Waals surface area (Å²) in [6.45, 7) is 0.949. The normalized spacial score (nSPS) is 19.1. The summed E-state index contributed by atoms with van der Waals surface area (Å²) in [5.41, 5.74) is -0.859. The maximum Gasteiger partial charge on any atom is 0.418 e. The number of carbonyl (C=O) groups excluding carboxylic acids is 1. The van der Waals surface area contributed by atoms with Crippen LogP contribution in [0.25, 0.3) is 0 Å². The average Bonchev–Trinajstić information content (AvgIpc) is 2.90. The Kier molecular flexibility index (Phi) is 8.30. The summed E-state index contributed by atoms with van der Waals surface area (Å²) in [4.78, 5) is 21.9. The number of anilines is 1. The van der Waals surface area contributed by atoms with Crippen LogP contribution in [0.2, 0.25) is 0 Å². The van der Waals surface area contributed by atoms with E-state index in [1.807, 2.05) is 0 Å². The molecule has 2 aromatic heterocycles. The van der Waals surface area contributed by atoms with E-state index in [0.717, 1.165) is 30.6 Å². The van der Waals surface area contributed by atoms with Gasteiger partial charge < -0.3 is 15.2 Å². The van der Waals surface area contributed by atoms with E-state index >= 15 is 0 Å². The zero-order valence-corrected chi connectivity index (χ0v) is 20.8. The minimum absolute atomic E-state index is 0.0840. The number of pyridine rings is 2. The molecule has 40 heavy (non-hydrogen) atoms. The van der Waals surface area contributed by atoms with Gasteiger partial charge in [0.15, 0.2) is 17.7 Å². The third-order valence-electron chi connectivity index (χ3n) is 6.50. The van der Waals surface area contributed by atoms with Gasteiger partial charge in [0.2, 0.25) is 5.91 Å². The SMILES string of the molecule is CC(C(=O)Nc1ccc(Oc2ccc(F)cc2F)cn1)N1CCC(F)(F)C(c2cncc(C(O)C(F)(F)F)c2)C1. The fraction of sp³-hybridized carbons (Fsp3) is 0.346. The topological polar surface area (TPSA) is 87.6 Å². The zero-order valence-electron chi connectivity index (χ0n) is 20.8. The summed E-state index contributed by atoms with van der Waals surface area (Å²) in [6, 6.07) is 5.42. The van der Waals surface area contributed by atoms with Gasteiger partial charge in [0, 0.05) is 43.5 Å². The number of nitrogens with zero attached hydrogens (tertiary/aromatic N) is 3. The van der Waals surface area contributed by atoms with Crippen molar-refractivity contribution < 1.29 is 45.4 Å². The van der Waals surface area contributed by atoms with Crippen LogP contribution in [0.15, 0.2) is 55.0 Å². The molecule has 1 aliphatic heterocycles. The van der Waals surface area contributed by atoms with E-state index in [9.17, 15) is 40.6 Å². The number of piperidine rings is 1. The summed E-state index contributed by atoms with van der Waals surface area (Å²) in [7, 11) is 0. The molecule has 7 nitrogen and oxygen atoms in total. The number of aliphatic hydroxyl groups is 1. The maximum atomic E-state index is 14.8. The van der Waals surface area contributed by atoms with Crippen LogP contribution >= 0.6 is 0 Å². The molecule has 1 aliphatic rings. The van der Waals surface area contributed by atoms with Gasteiger partial charge in [-0.15, -0.1) is 0 Å². The average molecular weight is 572 g/mol. The van der Waals surface area contributed by atoms with Gasteiger partial charge in [-0.3, -0.25) is 14.7 Å². The van der Waals surface area contributed by atoms with E-state index in [0.29, 0.717) is 6.07 Å². The van der Waals surface area contributed by atoms with Crippen molar-refractivity contribution in [2.45, 2.75) is 43.5 Å². The smallest absolute Gasteiger partial charge is 0.418 e. The number of rotatable bonds is 7. The zero-order chi connectivity index (χ0) is 29.2. The van der Waals surface area contributed by atoms with E-state index in [2.05, 4.69) is 15.3 Å². The Bertz CT molecular complexity index is 1350. The molecule has 0 radical (unpaired) electrons. The highest BCUT2D eigenvalue weighted by atomic mass is 19.4. The first-order valence-corrected chi connectivity index (χ1v) is 12.0. The number of hydrogen-bond acceptors (Lipinski definition) is 6. The minimum atomic E-state index is -5.00. The molecular formula is C26H23F7N4O3. The Morgan fingerprint density at radius 1 is 1.15 bits per heavy atom. The molecule has 3 atom stereocenters. The number of amides is 1. The fourth-order valence-electron chi connectivity index (χ4n) is 4.23. The molecule has 1 saturated heterocycles. The highest BCUT2D eigenvalue weighted by molar-refractivity contribution is 5.93. The predicted molar refractivity (Wildman–Crippen MR) is 128 cm³/mol. The van der Waals surface area contributed by atoms with Gasteiger partial charge >= 0.3 is 6.18 Å². The number of halogens is 7.